The van der Waals surface area contributed by atoms with Gasteiger partial charge in [-0.1, -0.05) is 36.4 Å². The number of aromatic nitrogens is 1. The van der Waals surface area contributed by atoms with Crippen LogP contribution in [0.25, 0.3) is 10.9 Å². The van der Waals surface area contributed by atoms with E-state index < -0.39 is 12.0 Å². The Morgan fingerprint density at radius 2 is 1.76 bits per heavy atom. The van der Waals surface area contributed by atoms with Gasteiger partial charge in [0, 0.05) is 60.7 Å². The number of carbonyl (C=O) groups excluding carboxylic acids is 2. The van der Waals surface area contributed by atoms with Gasteiger partial charge in [-0.2, -0.15) is 0 Å². The minimum absolute atomic E-state index is 0.112. The second kappa shape index (κ2) is 9.87. The lowest BCUT2D eigenvalue weighted by Gasteiger charge is -2.41. The van der Waals surface area contributed by atoms with Gasteiger partial charge < -0.3 is 29.0 Å². The first kappa shape index (κ1) is 24.1. The number of ether oxygens (including phenoxy) is 3. The van der Waals surface area contributed by atoms with Gasteiger partial charge in [-0.3, -0.25) is 9.59 Å². The smallest absolute Gasteiger partial charge is 0.254 e. The summed E-state index contributed by atoms with van der Waals surface area (Å²) < 4.78 is 18.8. The largest absolute Gasteiger partial charge is 0.486 e. The number of hydrogen-bond donors (Lipinski definition) is 1. The molecule has 38 heavy (non-hydrogen) atoms. The van der Waals surface area contributed by atoms with Crippen LogP contribution in [0.15, 0.2) is 72.9 Å². The number of amides is 2. The molecule has 8 heteroatoms. The summed E-state index contributed by atoms with van der Waals surface area (Å²) in [6.45, 7) is 1.66. The molecule has 1 aromatic heterocycles. The predicted molar refractivity (Wildman–Crippen MR) is 144 cm³/mol. The zero-order valence-electron chi connectivity index (χ0n) is 21.3. The van der Waals surface area contributed by atoms with Crippen molar-refractivity contribution in [3.8, 4) is 11.5 Å². The van der Waals surface area contributed by atoms with Crippen LogP contribution in [0.2, 0.25) is 0 Å². The third-order valence-corrected chi connectivity index (χ3v) is 7.31. The molecule has 1 N–H and O–H groups in total. The first-order valence-electron chi connectivity index (χ1n) is 12.7. The van der Waals surface area contributed by atoms with E-state index in [1.165, 1.54) is 0 Å². The van der Waals surface area contributed by atoms with Crippen molar-refractivity contribution in [2.45, 2.75) is 12.0 Å². The van der Waals surface area contributed by atoms with Crippen molar-refractivity contribution in [1.29, 1.82) is 0 Å². The molecular weight excluding hydrogens is 482 g/mol. The van der Waals surface area contributed by atoms with E-state index in [-0.39, 0.29) is 11.8 Å². The molecule has 4 aromatic rings. The molecule has 194 valence electrons. The molecule has 8 nitrogen and oxygen atoms in total. The Balaban J connectivity index is 1.48. The van der Waals surface area contributed by atoms with Crippen molar-refractivity contribution >= 4 is 28.4 Å². The van der Waals surface area contributed by atoms with Gasteiger partial charge in [0.2, 0.25) is 5.91 Å². The van der Waals surface area contributed by atoms with Crippen LogP contribution in [0.3, 0.4) is 0 Å². The maximum Gasteiger partial charge on any atom is 0.254 e. The second-order valence-corrected chi connectivity index (χ2v) is 9.56. The lowest BCUT2D eigenvalue weighted by atomic mass is 9.79. The summed E-state index contributed by atoms with van der Waals surface area (Å²) in [4.78, 5) is 29.8. The molecule has 0 radical (unpaired) electrons. The number of carbonyl (C=O) groups is 2. The van der Waals surface area contributed by atoms with Crippen molar-refractivity contribution in [3.05, 3.63) is 89.6 Å². The maximum absolute atomic E-state index is 14.2. The number of para-hydroxylation sites is 1. The quantitative estimate of drug-likeness (QED) is 0.412. The Morgan fingerprint density at radius 3 is 2.61 bits per heavy atom. The van der Waals surface area contributed by atoms with E-state index >= 15 is 0 Å². The van der Waals surface area contributed by atoms with Gasteiger partial charge in [0.15, 0.2) is 11.5 Å². The van der Waals surface area contributed by atoms with Crippen LogP contribution in [0.1, 0.15) is 33.4 Å². The summed E-state index contributed by atoms with van der Waals surface area (Å²) in [7, 11) is 3.59. The molecule has 2 aliphatic heterocycles. The summed E-state index contributed by atoms with van der Waals surface area (Å²) in [6.07, 6.45) is 2.03. The van der Waals surface area contributed by atoms with E-state index in [0.29, 0.717) is 54.7 Å². The van der Waals surface area contributed by atoms with E-state index in [4.69, 9.17) is 14.2 Å². The van der Waals surface area contributed by atoms with Gasteiger partial charge >= 0.3 is 0 Å². The number of rotatable bonds is 6. The van der Waals surface area contributed by atoms with Crippen molar-refractivity contribution in [2.75, 3.05) is 38.8 Å². The number of nitrogens with zero attached hydrogens (tertiary/aromatic N) is 2. The van der Waals surface area contributed by atoms with Crippen molar-refractivity contribution in [2.24, 2.45) is 7.05 Å². The molecule has 2 amide bonds. The fraction of sp³-hybridized carbons (Fsp3) is 0.267. The van der Waals surface area contributed by atoms with E-state index in [2.05, 4.69) is 5.32 Å². The zero-order chi connectivity index (χ0) is 26.2. The molecule has 2 aliphatic rings. The SMILES string of the molecule is COCCN1C(=O)c2ccccc2[C@H](C(=O)Nc2ccc3c(c2)OCCO3)[C@H]1c1cn(C)c2ccccc12. The van der Waals surface area contributed by atoms with Crippen LogP contribution >= 0.6 is 0 Å². The monoisotopic (exact) mass is 511 g/mol. The van der Waals surface area contributed by atoms with Gasteiger partial charge in [0.1, 0.15) is 13.2 Å². The Kier molecular flexibility index (Phi) is 6.25. The van der Waals surface area contributed by atoms with E-state index in [1.807, 2.05) is 60.3 Å². The Hall–Kier alpha value is -4.30. The first-order valence-corrected chi connectivity index (χ1v) is 12.7. The average molecular weight is 512 g/mol. The summed E-state index contributed by atoms with van der Waals surface area (Å²) in [5, 5.41) is 4.10. The van der Waals surface area contributed by atoms with Gasteiger partial charge in [-0.25, -0.2) is 0 Å². The molecular formula is C30H29N3O5. The van der Waals surface area contributed by atoms with Crippen LogP contribution in [-0.4, -0.2) is 54.8 Å². The summed E-state index contributed by atoms with van der Waals surface area (Å²) in [6, 6.07) is 20.3. The summed E-state index contributed by atoms with van der Waals surface area (Å²) in [5.74, 6) is 0.281. The molecule has 2 atom stereocenters. The first-order chi connectivity index (χ1) is 18.6. The normalized spacial score (nSPS) is 18.4. The molecule has 0 spiro atoms. The molecule has 0 saturated heterocycles. The number of anilines is 1. The van der Waals surface area contributed by atoms with Gasteiger partial charge in [-0.15, -0.1) is 0 Å². The standard InChI is InChI=1S/C30H29N3O5/c1-32-18-23(20-7-5-6-10-24(20)32)28-27(21-8-3-4-9-22(21)30(35)33(28)13-14-36-2)29(34)31-19-11-12-25-26(17-19)38-16-15-37-25/h3-12,17-18,27-28H,13-16H2,1-2H3,(H,31,34)/t27-,28+/m0/s1. The average Bonchev–Trinajstić information content (AvgIpc) is 3.28. The van der Waals surface area contributed by atoms with Crippen LogP contribution in [0, 0.1) is 0 Å². The fourth-order valence-electron chi connectivity index (χ4n) is 5.61. The number of aryl methyl sites for hydroxylation is 1. The number of nitrogens with one attached hydrogen (secondary N) is 1. The Bertz CT molecular complexity index is 1530. The molecule has 0 aliphatic carbocycles. The number of hydrogen-bond acceptors (Lipinski definition) is 5. The van der Waals surface area contributed by atoms with Crippen LogP contribution < -0.4 is 14.8 Å². The van der Waals surface area contributed by atoms with Gasteiger partial charge in [0.25, 0.3) is 5.91 Å². The highest BCUT2D eigenvalue weighted by Gasteiger charge is 2.45. The van der Waals surface area contributed by atoms with E-state index in [0.717, 1.165) is 16.5 Å². The minimum Gasteiger partial charge on any atom is -0.486 e. The van der Waals surface area contributed by atoms with Gasteiger partial charge in [0.05, 0.1) is 18.6 Å². The molecule has 0 fully saturated rings. The van der Waals surface area contributed by atoms with Crippen LogP contribution in [0.4, 0.5) is 5.69 Å². The highest BCUT2D eigenvalue weighted by Crippen LogP contribution is 2.45. The predicted octanol–water partition coefficient (Wildman–Crippen LogP) is 4.52. The van der Waals surface area contributed by atoms with Gasteiger partial charge in [-0.05, 0) is 29.8 Å². The molecule has 0 unspecified atom stereocenters. The number of fused-ring (bicyclic) bond motifs is 3. The maximum atomic E-state index is 14.2. The number of methoxy groups -OCH3 is 1. The Morgan fingerprint density at radius 1 is 1.00 bits per heavy atom. The van der Waals surface area contributed by atoms with E-state index in [9.17, 15) is 9.59 Å². The third kappa shape index (κ3) is 4.07. The third-order valence-electron chi connectivity index (χ3n) is 7.31. The minimum atomic E-state index is -0.653. The molecule has 3 aromatic carbocycles. The highest BCUT2D eigenvalue weighted by atomic mass is 16.6. The number of benzene rings is 3. The molecule has 3 heterocycles. The summed E-state index contributed by atoms with van der Waals surface area (Å²) >= 11 is 0. The molecule has 0 saturated carbocycles. The lowest BCUT2D eigenvalue weighted by molar-refractivity contribution is -0.119. The second-order valence-electron chi connectivity index (χ2n) is 9.56. The van der Waals surface area contributed by atoms with E-state index in [1.54, 1.807) is 36.3 Å². The molecule has 6 rings (SSSR count). The molecule has 0 bridgehead atoms. The van der Waals surface area contributed by atoms with Crippen LogP contribution in [-0.2, 0) is 16.6 Å². The van der Waals surface area contributed by atoms with Crippen molar-refractivity contribution in [3.63, 3.8) is 0 Å². The fourth-order valence-corrected chi connectivity index (χ4v) is 5.61. The lowest BCUT2D eigenvalue weighted by Crippen LogP contribution is -2.47. The van der Waals surface area contributed by atoms with Crippen molar-refractivity contribution < 1.29 is 23.8 Å². The highest BCUT2D eigenvalue weighted by molar-refractivity contribution is 6.05. The van der Waals surface area contributed by atoms with Crippen LogP contribution in [0.5, 0.6) is 11.5 Å². The van der Waals surface area contributed by atoms with Crippen molar-refractivity contribution in [1.82, 2.24) is 9.47 Å². The zero-order valence-corrected chi connectivity index (χ0v) is 21.3. The topological polar surface area (TPSA) is 82.0 Å². The Labute approximate surface area is 220 Å². The summed E-state index contributed by atoms with van der Waals surface area (Å²) in [5.41, 5.74) is 3.80.